The molecule has 4 heteroatoms. The zero-order chi connectivity index (χ0) is 13.1. The van der Waals surface area contributed by atoms with E-state index in [2.05, 4.69) is 5.16 Å². The van der Waals surface area contributed by atoms with Gasteiger partial charge >= 0.3 is 0 Å². The van der Waals surface area contributed by atoms with Gasteiger partial charge in [0.25, 0.3) is 0 Å². The first-order chi connectivity index (χ1) is 8.63. The minimum Gasteiger partial charge on any atom is -0.411 e. The van der Waals surface area contributed by atoms with Crippen molar-refractivity contribution >= 4 is 11.6 Å². The highest BCUT2D eigenvalue weighted by Crippen LogP contribution is 2.28. The molecule has 0 radical (unpaired) electrons. The van der Waals surface area contributed by atoms with Crippen LogP contribution in [0.2, 0.25) is 0 Å². The van der Waals surface area contributed by atoms with E-state index < -0.39 is 0 Å². The summed E-state index contributed by atoms with van der Waals surface area (Å²) in [7, 11) is 0. The van der Waals surface area contributed by atoms with Gasteiger partial charge in [0, 0.05) is 18.9 Å². The average Bonchev–Trinajstić information content (AvgIpc) is 2.80. The van der Waals surface area contributed by atoms with E-state index in [1.54, 1.807) is 6.92 Å². The van der Waals surface area contributed by atoms with Crippen LogP contribution in [0.25, 0.3) is 0 Å². The van der Waals surface area contributed by atoms with Gasteiger partial charge in [-0.25, -0.2) is 0 Å². The highest BCUT2D eigenvalue weighted by molar-refractivity contribution is 5.92. The zero-order valence-electron chi connectivity index (χ0n) is 10.7. The predicted octanol–water partition coefficient (Wildman–Crippen LogP) is 2.45. The van der Waals surface area contributed by atoms with Crippen molar-refractivity contribution in [1.29, 1.82) is 0 Å². The third-order valence-electron chi connectivity index (χ3n) is 3.66. The molecule has 18 heavy (non-hydrogen) atoms. The molecule has 1 heterocycles. The lowest BCUT2D eigenvalue weighted by Crippen LogP contribution is -2.29. The van der Waals surface area contributed by atoms with Crippen LogP contribution < -0.4 is 0 Å². The van der Waals surface area contributed by atoms with Gasteiger partial charge in [-0.3, -0.25) is 4.79 Å². The summed E-state index contributed by atoms with van der Waals surface area (Å²) < 4.78 is 0. The summed E-state index contributed by atoms with van der Waals surface area (Å²) in [5.41, 5.74) is 1.76. The van der Waals surface area contributed by atoms with Gasteiger partial charge in [0.1, 0.15) is 0 Å². The van der Waals surface area contributed by atoms with Crippen molar-refractivity contribution in [3.8, 4) is 0 Å². The van der Waals surface area contributed by atoms with Gasteiger partial charge in [-0.2, -0.15) is 0 Å². The highest BCUT2D eigenvalue weighted by Gasteiger charge is 2.34. The number of likely N-dealkylation sites (tertiary alicyclic amines) is 1. The predicted molar refractivity (Wildman–Crippen MR) is 69.6 cm³/mol. The van der Waals surface area contributed by atoms with Crippen molar-refractivity contribution in [1.82, 2.24) is 4.90 Å². The monoisotopic (exact) mass is 246 g/mol. The number of rotatable bonds is 3. The molecule has 2 rings (SSSR count). The molecule has 96 valence electrons. The van der Waals surface area contributed by atoms with E-state index in [0.717, 1.165) is 5.56 Å². The van der Waals surface area contributed by atoms with Crippen molar-refractivity contribution in [2.45, 2.75) is 26.3 Å². The van der Waals surface area contributed by atoms with Crippen molar-refractivity contribution in [3.05, 3.63) is 35.9 Å². The highest BCUT2D eigenvalue weighted by atomic mass is 16.4. The molecule has 1 aliphatic heterocycles. The van der Waals surface area contributed by atoms with E-state index in [0.29, 0.717) is 18.7 Å². The van der Waals surface area contributed by atoms with E-state index >= 15 is 0 Å². The lowest BCUT2D eigenvalue weighted by Gasteiger charge is -2.25. The van der Waals surface area contributed by atoms with Crippen LogP contribution in [0.15, 0.2) is 35.5 Å². The summed E-state index contributed by atoms with van der Waals surface area (Å²) in [6.45, 7) is 4.42. The van der Waals surface area contributed by atoms with Crippen molar-refractivity contribution in [3.63, 3.8) is 0 Å². The fourth-order valence-corrected chi connectivity index (χ4v) is 2.38. The number of oxime groups is 1. The van der Waals surface area contributed by atoms with Gasteiger partial charge in [-0.1, -0.05) is 35.5 Å². The minimum absolute atomic E-state index is 0.0358. The number of hydrogen-bond acceptors (Lipinski definition) is 3. The van der Waals surface area contributed by atoms with Crippen LogP contribution in [0, 0.1) is 5.92 Å². The first-order valence-electron chi connectivity index (χ1n) is 6.16. The molecule has 0 aromatic heterocycles. The summed E-state index contributed by atoms with van der Waals surface area (Å²) in [6.07, 6.45) is 0.438. The smallest absolute Gasteiger partial charge is 0.223 e. The fraction of sp³-hybridized carbons (Fsp3) is 0.429. The fourth-order valence-electron chi connectivity index (χ4n) is 2.38. The van der Waals surface area contributed by atoms with Crippen molar-refractivity contribution < 1.29 is 10.0 Å². The topological polar surface area (TPSA) is 52.9 Å². The van der Waals surface area contributed by atoms with E-state index in [1.807, 2.05) is 42.2 Å². The summed E-state index contributed by atoms with van der Waals surface area (Å²) >= 11 is 0. The maximum atomic E-state index is 12.0. The van der Waals surface area contributed by atoms with E-state index in [1.165, 1.54) is 0 Å². The van der Waals surface area contributed by atoms with Gasteiger partial charge in [0.2, 0.25) is 5.91 Å². The van der Waals surface area contributed by atoms with Crippen molar-refractivity contribution in [2.75, 3.05) is 6.54 Å². The molecule has 1 aromatic rings. The lowest BCUT2D eigenvalue weighted by molar-refractivity contribution is -0.129. The maximum absolute atomic E-state index is 12.0. The molecule has 0 spiro atoms. The molecule has 1 aromatic carbocycles. The summed E-state index contributed by atoms with van der Waals surface area (Å²) in [5.74, 6) is 0.160. The van der Waals surface area contributed by atoms with Gasteiger partial charge in [-0.05, 0) is 19.4 Å². The molecule has 0 saturated carbocycles. The minimum atomic E-state index is 0.0358. The Morgan fingerprint density at radius 1 is 1.44 bits per heavy atom. The maximum Gasteiger partial charge on any atom is 0.223 e. The number of carbonyl (C=O) groups excluding carboxylic acids is 1. The third-order valence-corrected chi connectivity index (χ3v) is 3.66. The number of benzene rings is 1. The summed E-state index contributed by atoms with van der Waals surface area (Å²) in [5, 5.41) is 12.0. The Hall–Kier alpha value is -1.84. The number of nitrogens with zero attached hydrogens (tertiary/aromatic N) is 2. The summed E-state index contributed by atoms with van der Waals surface area (Å²) in [4.78, 5) is 13.9. The Bertz CT molecular complexity index is 456. The van der Waals surface area contributed by atoms with Crippen LogP contribution >= 0.6 is 0 Å². The lowest BCUT2D eigenvalue weighted by atomic mass is 10.0. The average molecular weight is 246 g/mol. The SMILES string of the molecule is C/C(=N/O)[C@@H]1CC(=O)N([C@H](C)c2ccccc2)C1. The molecule has 0 unspecified atom stereocenters. The second-order valence-corrected chi connectivity index (χ2v) is 4.78. The Kier molecular flexibility index (Phi) is 3.65. The van der Waals surface area contributed by atoms with Crippen LogP contribution in [0.3, 0.4) is 0 Å². The largest absolute Gasteiger partial charge is 0.411 e. The molecular weight excluding hydrogens is 228 g/mol. The van der Waals surface area contributed by atoms with Gasteiger partial charge < -0.3 is 10.1 Å². The molecule has 1 amide bonds. The molecule has 4 nitrogen and oxygen atoms in total. The molecule has 0 bridgehead atoms. The van der Waals surface area contributed by atoms with Crippen LogP contribution in [-0.2, 0) is 4.79 Å². The molecule has 1 aliphatic rings. The second-order valence-electron chi connectivity index (χ2n) is 4.78. The Morgan fingerprint density at radius 2 is 2.11 bits per heavy atom. The summed E-state index contributed by atoms with van der Waals surface area (Å²) in [6, 6.07) is 10.0. The van der Waals surface area contributed by atoms with E-state index in [9.17, 15) is 4.79 Å². The molecule has 1 saturated heterocycles. The van der Waals surface area contributed by atoms with Crippen LogP contribution in [-0.4, -0.2) is 28.3 Å². The van der Waals surface area contributed by atoms with E-state index in [4.69, 9.17) is 5.21 Å². The third kappa shape index (κ3) is 2.37. The van der Waals surface area contributed by atoms with Gasteiger partial charge in [0.15, 0.2) is 0 Å². The molecule has 0 aliphatic carbocycles. The van der Waals surface area contributed by atoms with Crippen LogP contribution in [0.1, 0.15) is 31.9 Å². The standard InChI is InChI=1S/C14H18N2O2/c1-10(15-18)13-8-14(17)16(9-13)11(2)12-6-4-3-5-7-12/h3-7,11,13,18H,8-9H2,1-2H3/b15-10-/t11-,13-/m1/s1. The Balaban J connectivity index is 2.13. The quantitative estimate of drug-likeness (QED) is 0.506. The normalized spacial score (nSPS) is 22.3. The van der Waals surface area contributed by atoms with Crippen LogP contribution in [0.4, 0.5) is 0 Å². The Morgan fingerprint density at radius 3 is 2.72 bits per heavy atom. The second kappa shape index (κ2) is 5.21. The Labute approximate surface area is 107 Å². The van der Waals surface area contributed by atoms with Crippen LogP contribution in [0.5, 0.6) is 0 Å². The van der Waals surface area contributed by atoms with E-state index in [-0.39, 0.29) is 17.9 Å². The molecule has 2 atom stereocenters. The van der Waals surface area contributed by atoms with Gasteiger partial charge in [0.05, 0.1) is 11.8 Å². The number of hydrogen-bond donors (Lipinski definition) is 1. The number of amides is 1. The zero-order valence-corrected chi connectivity index (χ0v) is 10.7. The number of carbonyl (C=O) groups is 1. The first-order valence-corrected chi connectivity index (χ1v) is 6.16. The molecular formula is C14H18N2O2. The van der Waals surface area contributed by atoms with Crippen molar-refractivity contribution in [2.24, 2.45) is 11.1 Å². The molecule has 1 fully saturated rings. The first kappa shape index (κ1) is 12.6. The van der Waals surface area contributed by atoms with Gasteiger partial charge in [-0.15, -0.1) is 0 Å². The molecule has 1 N–H and O–H groups in total.